The predicted octanol–water partition coefficient (Wildman–Crippen LogP) is 0.663. The molecule has 0 amide bonds. The van der Waals surface area contributed by atoms with Gasteiger partial charge in [0, 0.05) is 12.8 Å². The summed E-state index contributed by atoms with van der Waals surface area (Å²) in [5.41, 5.74) is -1.36. The molecule has 0 aromatic carbocycles. The van der Waals surface area contributed by atoms with Crippen LogP contribution in [0.4, 0.5) is 0 Å². The van der Waals surface area contributed by atoms with Crippen molar-refractivity contribution in [2.45, 2.75) is 26.7 Å². The maximum Gasteiger partial charge on any atom is 0.309 e. The summed E-state index contributed by atoms with van der Waals surface area (Å²) in [7, 11) is 0. The molecule has 0 aromatic heterocycles. The SMILES string of the molecule is CC(C)(C(=O)O)C(CC(=O)O)CC(=O)O. The van der Waals surface area contributed by atoms with E-state index in [9.17, 15) is 14.4 Å². The third-order valence-corrected chi connectivity index (χ3v) is 2.41. The van der Waals surface area contributed by atoms with Gasteiger partial charge in [0.2, 0.25) is 0 Å². The van der Waals surface area contributed by atoms with E-state index in [0.717, 1.165) is 0 Å². The van der Waals surface area contributed by atoms with Gasteiger partial charge in [0.1, 0.15) is 0 Å². The second-order valence-corrected chi connectivity index (χ2v) is 3.92. The monoisotopic (exact) mass is 218 g/mol. The number of aliphatic carboxylic acids is 3. The van der Waals surface area contributed by atoms with Gasteiger partial charge in [-0.15, -0.1) is 0 Å². The number of hydrogen-bond acceptors (Lipinski definition) is 3. The molecular formula is C9H14O6. The summed E-state index contributed by atoms with van der Waals surface area (Å²) in [6.07, 6.45) is -0.933. The maximum absolute atomic E-state index is 10.8. The first-order valence-electron chi connectivity index (χ1n) is 4.35. The van der Waals surface area contributed by atoms with Crippen LogP contribution in [-0.2, 0) is 14.4 Å². The van der Waals surface area contributed by atoms with Crippen molar-refractivity contribution in [3.8, 4) is 0 Å². The van der Waals surface area contributed by atoms with Crippen LogP contribution in [0.2, 0.25) is 0 Å². The highest BCUT2D eigenvalue weighted by Gasteiger charge is 2.39. The summed E-state index contributed by atoms with van der Waals surface area (Å²) in [6.45, 7) is 2.65. The molecule has 3 N–H and O–H groups in total. The lowest BCUT2D eigenvalue weighted by atomic mass is 9.75. The molecule has 0 aliphatic rings. The van der Waals surface area contributed by atoms with Gasteiger partial charge in [0.25, 0.3) is 0 Å². The third-order valence-electron chi connectivity index (χ3n) is 2.41. The lowest BCUT2D eigenvalue weighted by molar-refractivity contribution is -0.153. The number of carboxylic acids is 3. The molecule has 0 fully saturated rings. The molecule has 0 rings (SSSR count). The first-order chi connectivity index (χ1) is 6.67. The molecule has 0 radical (unpaired) electrons. The van der Waals surface area contributed by atoms with Crippen molar-refractivity contribution in [1.29, 1.82) is 0 Å². The molecule has 0 unspecified atom stereocenters. The normalized spacial score (nSPS) is 11.4. The highest BCUT2D eigenvalue weighted by atomic mass is 16.4. The van der Waals surface area contributed by atoms with Gasteiger partial charge in [-0.2, -0.15) is 0 Å². The zero-order valence-electron chi connectivity index (χ0n) is 8.56. The van der Waals surface area contributed by atoms with E-state index in [4.69, 9.17) is 15.3 Å². The fourth-order valence-electron chi connectivity index (χ4n) is 1.18. The van der Waals surface area contributed by atoms with E-state index in [1.165, 1.54) is 13.8 Å². The number of carbonyl (C=O) groups is 3. The van der Waals surface area contributed by atoms with Crippen molar-refractivity contribution in [2.24, 2.45) is 11.3 Å². The zero-order valence-corrected chi connectivity index (χ0v) is 8.56. The number of rotatable bonds is 6. The van der Waals surface area contributed by atoms with Gasteiger partial charge in [-0.1, -0.05) is 0 Å². The standard InChI is InChI=1S/C9H14O6/c1-9(2,8(14)15)5(3-6(10)11)4-7(12)13/h5H,3-4H2,1-2H3,(H,10,11)(H,12,13)(H,14,15). The fraction of sp³-hybridized carbons (Fsp3) is 0.667. The summed E-state index contributed by atoms with van der Waals surface area (Å²) >= 11 is 0. The van der Waals surface area contributed by atoms with E-state index < -0.39 is 42.1 Å². The van der Waals surface area contributed by atoms with Crippen LogP contribution in [0, 0.1) is 11.3 Å². The average Bonchev–Trinajstić information content (AvgIpc) is 2.00. The van der Waals surface area contributed by atoms with Crippen molar-refractivity contribution < 1.29 is 29.7 Å². The lowest BCUT2D eigenvalue weighted by Gasteiger charge is -2.27. The second kappa shape index (κ2) is 4.77. The van der Waals surface area contributed by atoms with Crippen LogP contribution in [0.25, 0.3) is 0 Å². The molecule has 0 saturated heterocycles. The van der Waals surface area contributed by atoms with Crippen LogP contribution in [0.15, 0.2) is 0 Å². The van der Waals surface area contributed by atoms with Gasteiger partial charge in [0.05, 0.1) is 5.41 Å². The minimum Gasteiger partial charge on any atom is -0.481 e. The number of carboxylic acid groups (broad SMARTS) is 3. The largest absolute Gasteiger partial charge is 0.481 e. The second-order valence-electron chi connectivity index (χ2n) is 3.92. The Morgan fingerprint density at radius 3 is 1.53 bits per heavy atom. The van der Waals surface area contributed by atoms with Crippen molar-refractivity contribution in [3.63, 3.8) is 0 Å². The summed E-state index contributed by atoms with van der Waals surface area (Å²) in [6, 6.07) is 0. The van der Waals surface area contributed by atoms with Crippen molar-refractivity contribution in [1.82, 2.24) is 0 Å². The topological polar surface area (TPSA) is 112 Å². The molecule has 0 spiro atoms. The van der Waals surface area contributed by atoms with E-state index in [1.54, 1.807) is 0 Å². The Balaban J connectivity index is 4.83. The molecule has 86 valence electrons. The average molecular weight is 218 g/mol. The third kappa shape index (κ3) is 3.97. The van der Waals surface area contributed by atoms with Crippen LogP contribution < -0.4 is 0 Å². The Morgan fingerprint density at radius 1 is 1.00 bits per heavy atom. The van der Waals surface area contributed by atoms with Gasteiger partial charge < -0.3 is 15.3 Å². The summed E-state index contributed by atoms with van der Waals surface area (Å²) in [4.78, 5) is 31.8. The molecule has 6 nitrogen and oxygen atoms in total. The van der Waals surface area contributed by atoms with Gasteiger partial charge >= 0.3 is 17.9 Å². The Morgan fingerprint density at radius 2 is 1.33 bits per heavy atom. The molecule has 0 saturated carbocycles. The predicted molar refractivity (Wildman–Crippen MR) is 49.4 cm³/mol. The first-order valence-corrected chi connectivity index (χ1v) is 4.35. The van der Waals surface area contributed by atoms with E-state index in [2.05, 4.69) is 0 Å². The zero-order chi connectivity index (χ0) is 12.2. The quantitative estimate of drug-likeness (QED) is 0.603. The maximum atomic E-state index is 10.8. The van der Waals surface area contributed by atoms with Crippen LogP contribution in [0.5, 0.6) is 0 Å². The Bertz CT molecular complexity index is 264. The smallest absolute Gasteiger partial charge is 0.309 e. The fourth-order valence-corrected chi connectivity index (χ4v) is 1.18. The highest BCUT2D eigenvalue weighted by molar-refractivity contribution is 5.78. The molecule has 0 bridgehead atoms. The molecule has 15 heavy (non-hydrogen) atoms. The van der Waals surface area contributed by atoms with Crippen molar-refractivity contribution in [2.75, 3.05) is 0 Å². The molecule has 6 heteroatoms. The van der Waals surface area contributed by atoms with Crippen molar-refractivity contribution in [3.05, 3.63) is 0 Å². The molecule has 0 aliphatic heterocycles. The van der Waals surface area contributed by atoms with Gasteiger partial charge in [-0.3, -0.25) is 14.4 Å². The molecule has 0 aliphatic carbocycles. The van der Waals surface area contributed by atoms with Crippen molar-refractivity contribution >= 4 is 17.9 Å². The van der Waals surface area contributed by atoms with Gasteiger partial charge in [-0.05, 0) is 19.8 Å². The lowest BCUT2D eigenvalue weighted by Crippen LogP contribution is -2.35. The Kier molecular flexibility index (Phi) is 4.26. The minimum absolute atomic E-state index is 0.467. The first kappa shape index (κ1) is 13.4. The van der Waals surface area contributed by atoms with Crippen LogP contribution >= 0.6 is 0 Å². The molecule has 0 aromatic rings. The van der Waals surface area contributed by atoms with E-state index >= 15 is 0 Å². The molecular weight excluding hydrogens is 204 g/mol. The van der Waals surface area contributed by atoms with Gasteiger partial charge in [0.15, 0.2) is 0 Å². The summed E-state index contributed by atoms with van der Waals surface area (Å²) in [5, 5.41) is 26.0. The van der Waals surface area contributed by atoms with Crippen LogP contribution in [0.1, 0.15) is 26.7 Å². The minimum atomic E-state index is -1.36. The molecule has 0 heterocycles. The Hall–Kier alpha value is -1.59. The molecule has 0 atom stereocenters. The summed E-state index contributed by atoms with van der Waals surface area (Å²) in [5.74, 6) is -4.52. The summed E-state index contributed by atoms with van der Waals surface area (Å²) < 4.78 is 0. The van der Waals surface area contributed by atoms with E-state index in [1.807, 2.05) is 0 Å². The van der Waals surface area contributed by atoms with Crippen LogP contribution in [-0.4, -0.2) is 33.2 Å². The van der Waals surface area contributed by atoms with E-state index in [-0.39, 0.29) is 0 Å². The Labute approximate surface area is 86.5 Å². The van der Waals surface area contributed by atoms with E-state index in [0.29, 0.717) is 0 Å². The highest BCUT2D eigenvalue weighted by Crippen LogP contribution is 2.32. The van der Waals surface area contributed by atoms with Gasteiger partial charge in [-0.25, -0.2) is 0 Å². The number of hydrogen-bond donors (Lipinski definition) is 3. The van der Waals surface area contributed by atoms with Crippen LogP contribution in [0.3, 0.4) is 0 Å².